The average molecular weight is 272 g/mol. The average Bonchev–Trinajstić information content (AvgIpc) is 3.14. The van der Waals surface area contributed by atoms with Crippen molar-refractivity contribution >= 4 is 11.7 Å². The summed E-state index contributed by atoms with van der Waals surface area (Å²) in [5.41, 5.74) is 2.91. The minimum absolute atomic E-state index is 0.0487. The molecule has 0 radical (unpaired) electrons. The molecule has 2 N–H and O–H groups in total. The predicted octanol–water partition coefficient (Wildman–Crippen LogP) is 1.18. The van der Waals surface area contributed by atoms with Gasteiger partial charge in [-0.1, -0.05) is 0 Å². The van der Waals surface area contributed by atoms with Crippen LogP contribution in [-0.4, -0.2) is 30.0 Å². The third-order valence-corrected chi connectivity index (χ3v) is 4.93. The van der Waals surface area contributed by atoms with Gasteiger partial charge in [0.15, 0.2) is 0 Å². The van der Waals surface area contributed by atoms with E-state index in [1.165, 1.54) is 25.7 Å². The van der Waals surface area contributed by atoms with Gasteiger partial charge in [-0.25, -0.2) is 4.98 Å². The first-order chi connectivity index (χ1) is 9.78. The van der Waals surface area contributed by atoms with Gasteiger partial charge in [0, 0.05) is 36.3 Å². The molecule has 0 atom stereocenters. The van der Waals surface area contributed by atoms with Crippen LogP contribution in [-0.2, 0) is 13.1 Å². The van der Waals surface area contributed by atoms with Crippen molar-refractivity contribution in [3.05, 3.63) is 22.9 Å². The van der Waals surface area contributed by atoms with E-state index in [-0.39, 0.29) is 5.91 Å². The van der Waals surface area contributed by atoms with Crippen molar-refractivity contribution in [2.75, 3.05) is 11.9 Å². The molecule has 20 heavy (non-hydrogen) atoms. The van der Waals surface area contributed by atoms with E-state index in [2.05, 4.69) is 15.5 Å². The van der Waals surface area contributed by atoms with Gasteiger partial charge < -0.3 is 15.5 Å². The highest BCUT2D eigenvalue weighted by molar-refractivity contribution is 5.99. The molecule has 1 amide bonds. The lowest BCUT2D eigenvalue weighted by molar-refractivity contribution is 0.0965. The smallest absolute Gasteiger partial charge is 0.252 e. The largest absolute Gasteiger partial charge is 0.351 e. The number of rotatable bonds is 3. The molecule has 2 saturated heterocycles. The molecule has 4 heterocycles. The third-order valence-electron chi connectivity index (χ3n) is 4.93. The summed E-state index contributed by atoms with van der Waals surface area (Å²) in [6, 6.07) is 3.28. The zero-order valence-corrected chi connectivity index (χ0v) is 11.8. The quantitative estimate of drug-likeness (QED) is 0.867. The van der Waals surface area contributed by atoms with Gasteiger partial charge in [0.1, 0.15) is 5.82 Å². The molecule has 0 saturated carbocycles. The highest BCUT2D eigenvalue weighted by Crippen LogP contribution is 2.41. The molecule has 0 unspecified atom stereocenters. The number of amides is 1. The number of carbonyl (C=O) groups excluding carboxylic acids is 1. The molecule has 0 spiro atoms. The van der Waals surface area contributed by atoms with E-state index in [4.69, 9.17) is 4.98 Å². The van der Waals surface area contributed by atoms with Crippen LogP contribution in [0.25, 0.3) is 0 Å². The van der Waals surface area contributed by atoms with E-state index in [1.807, 2.05) is 13.1 Å². The topological polar surface area (TPSA) is 57.3 Å². The fourth-order valence-corrected chi connectivity index (χ4v) is 4.01. The van der Waals surface area contributed by atoms with Gasteiger partial charge in [-0.2, -0.15) is 0 Å². The van der Waals surface area contributed by atoms with E-state index in [0.29, 0.717) is 25.2 Å². The molecule has 106 valence electrons. The summed E-state index contributed by atoms with van der Waals surface area (Å²) in [5, 5.41) is 6.08. The number of nitrogens with one attached hydrogen (secondary N) is 2. The third kappa shape index (κ3) is 1.66. The SMILES string of the molecule is CNCc1nc(N2C3CCC2CC3)cc2c1CNC2=O. The zero-order chi connectivity index (χ0) is 13.7. The first-order valence-corrected chi connectivity index (χ1v) is 7.52. The lowest BCUT2D eigenvalue weighted by Gasteiger charge is -2.24. The normalized spacial score (nSPS) is 27.1. The lowest BCUT2D eigenvalue weighted by Crippen LogP contribution is -2.29. The first-order valence-electron chi connectivity index (χ1n) is 7.52. The zero-order valence-electron chi connectivity index (χ0n) is 11.8. The number of carbonyl (C=O) groups is 1. The molecule has 1 aromatic heterocycles. The maximum atomic E-state index is 12.0. The molecule has 0 aliphatic carbocycles. The van der Waals surface area contributed by atoms with Crippen LogP contribution in [0.3, 0.4) is 0 Å². The molecule has 4 rings (SSSR count). The Kier molecular flexibility index (Phi) is 2.70. The number of anilines is 1. The van der Waals surface area contributed by atoms with Crippen molar-refractivity contribution in [2.45, 2.75) is 50.9 Å². The van der Waals surface area contributed by atoms with Crippen LogP contribution in [0.5, 0.6) is 0 Å². The molecule has 2 fully saturated rings. The van der Waals surface area contributed by atoms with Crippen LogP contribution in [0.2, 0.25) is 0 Å². The van der Waals surface area contributed by atoms with Crippen LogP contribution in [0.1, 0.15) is 47.3 Å². The van der Waals surface area contributed by atoms with Gasteiger partial charge in [-0.05, 0) is 38.8 Å². The Morgan fingerprint density at radius 2 is 2.05 bits per heavy atom. The van der Waals surface area contributed by atoms with Gasteiger partial charge in [-0.15, -0.1) is 0 Å². The van der Waals surface area contributed by atoms with Crippen molar-refractivity contribution in [3.8, 4) is 0 Å². The van der Waals surface area contributed by atoms with Crippen LogP contribution >= 0.6 is 0 Å². The Labute approximate surface area is 118 Å². The minimum atomic E-state index is 0.0487. The van der Waals surface area contributed by atoms with Crippen LogP contribution in [0.4, 0.5) is 5.82 Å². The Morgan fingerprint density at radius 1 is 1.35 bits per heavy atom. The molecule has 3 aliphatic heterocycles. The van der Waals surface area contributed by atoms with E-state index < -0.39 is 0 Å². The molecule has 1 aromatic rings. The lowest BCUT2D eigenvalue weighted by atomic mass is 10.0. The molecule has 0 aromatic carbocycles. The summed E-state index contributed by atoms with van der Waals surface area (Å²) < 4.78 is 0. The molecule has 5 heteroatoms. The number of pyridine rings is 1. The maximum Gasteiger partial charge on any atom is 0.252 e. The Balaban J connectivity index is 1.79. The molecule has 2 bridgehead atoms. The number of hydrogen-bond acceptors (Lipinski definition) is 4. The van der Waals surface area contributed by atoms with Crippen LogP contribution in [0, 0.1) is 0 Å². The van der Waals surface area contributed by atoms with Crippen molar-refractivity contribution < 1.29 is 4.79 Å². The predicted molar refractivity (Wildman–Crippen MR) is 76.7 cm³/mol. The summed E-state index contributed by atoms with van der Waals surface area (Å²) in [6.07, 6.45) is 5.10. The second-order valence-electron chi connectivity index (χ2n) is 6.04. The van der Waals surface area contributed by atoms with E-state index in [1.54, 1.807) is 0 Å². The highest BCUT2D eigenvalue weighted by Gasteiger charge is 2.40. The summed E-state index contributed by atoms with van der Waals surface area (Å²) >= 11 is 0. The van der Waals surface area contributed by atoms with E-state index in [9.17, 15) is 4.79 Å². The minimum Gasteiger partial charge on any atom is -0.351 e. The molecular weight excluding hydrogens is 252 g/mol. The monoisotopic (exact) mass is 272 g/mol. The summed E-state index contributed by atoms with van der Waals surface area (Å²) in [7, 11) is 1.92. The highest BCUT2D eigenvalue weighted by atomic mass is 16.1. The second-order valence-corrected chi connectivity index (χ2v) is 6.04. The number of fused-ring (bicyclic) bond motifs is 3. The van der Waals surface area contributed by atoms with Crippen molar-refractivity contribution in [1.29, 1.82) is 0 Å². The van der Waals surface area contributed by atoms with Crippen LogP contribution in [0.15, 0.2) is 6.07 Å². The Hall–Kier alpha value is -1.62. The van der Waals surface area contributed by atoms with E-state index in [0.717, 1.165) is 22.6 Å². The molecular formula is C15H20N4O. The van der Waals surface area contributed by atoms with Crippen molar-refractivity contribution in [2.24, 2.45) is 0 Å². The fraction of sp³-hybridized carbons (Fsp3) is 0.600. The molecule has 3 aliphatic rings. The number of hydrogen-bond donors (Lipinski definition) is 2. The van der Waals surface area contributed by atoms with Crippen LogP contribution < -0.4 is 15.5 Å². The Bertz CT molecular complexity index is 551. The van der Waals surface area contributed by atoms with Gasteiger partial charge in [0.2, 0.25) is 0 Å². The number of nitrogens with zero attached hydrogens (tertiary/aromatic N) is 2. The summed E-state index contributed by atoms with van der Waals surface area (Å²) in [4.78, 5) is 19.3. The van der Waals surface area contributed by atoms with Gasteiger partial charge in [0.05, 0.1) is 5.69 Å². The first kappa shape index (κ1) is 12.1. The summed E-state index contributed by atoms with van der Waals surface area (Å²) in [5.74, 6) is 1.06. The standard InChI is InChI=1S/C15H20N4O/c1-16-8-13-12-7-17-15(20)11(12)6-14(18-13)19-9-2-3-10(19)5-4-9/h6,9-10,16H,2-5,7-8H2,1H3,(H,17,20). The van der Waals surface area contributed by atoms with Gasteiger partial charge >= 0.3 is 0 Å². The summed E-state index contributed by atoms with van der Waals surface area (Å²) in [6.45, 7) is 1.33. The Morgan fingerprint density at radius 3 is 2.70 bits per heavy atom. The number of aromatic nitrogens is 1. The van der Waals surface area contributed by atoms with Gasteiger partial charge in [-0.3, -0.25) is 4.79 Å². The molecule has 5 nitrogen and oxygen atoms in total. The fourth-order valence-electron chi connectivity index (χ4n) is 4.01. The maximum absolute atomic E-state index is 12.0. The van der Waals surface area contributed by atoms with Crippen molar-refractivity contribution in [3.63, 3.8) is 0 Å². The van der Waals surface area contributed by atoms with Crippen molar-refractivity contribution in [1.82, 2.24) is 15.6 Å². The van der Waals surface area contributed by atoms with Gasteiger partial charge in [0.25, 0.3) is 5.91 Å². The van der Waals surface area contributed by atoms with E-state index >= 15 is 0 Å². The second kappa shape index (κ2) is 4.45.